The molecule has 2 aromatic rings. The highest BCUT2D eigenvalue weighted by Gasteiger charge is 2.13. The first-order chi connectivity index (χ1) is 8.22. The van der Waals surface area contributed by atoms with Crippen LogP contribution in [0.5, 0.6) is 0 Å². The van der Waals surface area contributed by atoms with Crippen LogP contribution in [0.2, 0.25) is 0 Å². The van der Waals surface area contributed by atoms with Crippen LogP contribution in [0.15, 0.2) is 42.7 Å². The van der Waals surface area contributed by atoms with E-state index in [0.29, 0.717) is 0 Å². The average molecular weight is 227 g/mol. The number of hydrazine groups is 1. The highest BCUT2D eigenvalue weighted by molar-refractivity contribution is 5.35. The normalized spacial score (nSPS) is 12.4. The van der Waals surface area contributed by atoms with Gasteiger partial charge in [0, 0.05) is 12.4 Å². The first-order valence-electron chi connectivity index (χ1n) is 5.65. The number of aryl methyl sites for hydroxylation is 2. The highest BCUT2D eigenvalue weighted by Crippen LogP contribution is 2.23. The van der Waals surface area contributed by atoms with E-state index in [1.165, 1.54) is 5.56 Å². The molecule has 2 rings (SSSR count). The van der Waals surface area contributed by atoms with Crippen LogP contribution in [-0.2, 0) is 0 Å². The maximum Gasteiger partial charge on any atom is 0.0713 e. The fourth-order valence-corrected chi connectivity index (χ4v) is 1.93. The van der Waals surface area contributed by atoms with Gasteiger partial charge in [-0.2, -0.15) is 0 Å². The molecule has 0 radical (unpaired) electrons. The highest BCUT2D eigenvalue weighted by atomic mass is 15.2. The van der Waals surface area contributed by atoms with Gasteiger partial charge in [-0.3, -0.25) is 10.8 Å². The van der Waals surface area contributed by atoms with Crippen molar-refractivity contribution in [3.63, 3.8) is 0 Å². The summed E-state index contributed by atoms with van der Waals surface area (Å²) in [6, 6.07) is 10.4. The molecule has 0 spiro atoms. The molecule has 88 valence electrons. The van der Waals surface area contributed by atoms with Crippen molar-refractivity contribution in [1.29, 1.82) is 0 Å². The van der Waals surface area contributed by atoms with Crippen LogP contribution in [0, 0.1) is 13.8 Å². The van der Waals surface area contributed by atoms with Crippen LogP contribution >= 0.6 is 0 Å². The van der Waals surface area contributed by atoms with Crippen LogP contribution in [0.25, 0.3) is 0 Å². The zero-order valence-corrected chi connectivity index (χ0v) is 10.1. The Labute approximate surface area is 102 Å². The summed E-state index contributed by atoms with van der Waals surface area (Å²) in [5, 5.41) is 0. The van der Waals surface area contributed by atoms with Crippen molar-refractivity contribution >= 4 is 0 Å². The molecule has 0 saturated heterocycles. The molecule has 3 heteroatoms. The lowest BCUT2D eigenvalue weighted by Crippen LogP contribution is -2.29. The molecule has 0 aliphatic carbocycles. The van der Waals surface area contributed by atoms with E-state index in [9.17, 15) is 0 Å². The van der Waals surface area contributed by atoms with Crippen molar-refractivity contribution in [2.45, 2.75) is 19.9 Å². The van der Waals surface area contributed by atoms with Crippen LogP contribution in [0.3, 0.4) is 0 Å². The van der Waals surface area contributed by atoms with E-state index in [0.717, 1.165) is 16.7 Å². The molecule has 1 atom stereocenters. The molecule has 0 fully saturated rings. The SMILES string of the molecule is Cc1ccc(C(NN)c2ccncc2C)cc1. The summed E-state index contributed by atoms with van der Waals surface area (Å²) in [5.74, 6) is 5.67. The summed E-state index contributed by atoms with van der Waals surface area (Å²) < 4.78 is 0. The predicted octanol–water partition coefficient (Wildman–Crippen LogP) is 2.25. The quantitative estimate of drug-likeness (QED) is 0.624. The maximum atomic E-state index is 5.67. The Bertz CT molecular complexity index is 491. The topological polar surface area (TPSA) is 50.9 Å². The van der Waals surface area contributed by atoms with Crippen LogP contribution in [0.4, 0.5) is 0 Å². The van der Waals surface area contributed by atoms with Gasteiger partial charge in [-0.15, -0.1) is 0 Å². The lowest BCUT2D eigenvalue weighted by atomic mass is 9.96. The third kappa shape index (κ3) is 2.52. The first-order valence-corrected chi connectivity index (χ1v) is 5.65. The summed E-state index contributed by atoms with van der Waals surface area (Å²) in [7, 11) is 0. The molecule has 0 bridgehead atoms. The van der Waals surface area contributed by atoms with Gasteiger partial charge >= 0.3 is 0 Å². The summed E-state index contributed by atoms with van der Waals surface area (Å²) in [6.45, 7) is 4.12. The number of nitrogens with one attached hydrogen (secondary N) is 1. The number of nitrogens with zero attached hydrogens (tertiary/aromatic N) is 1. The lowest BCUT2D eigenvalue weighted by molar-refractivity contribution is 0.632. The van der Waals surface area contributed by atoms with Gasteiger partial charge < -0.3 is 0 Å². The summed E-state index contributed by atoms with van der Waals surface area (Å²) in [6.07, 6.45) is 3.65. The standard InChI is InChI=1S/C14H17N3/c1-10-3-5-12(6-4-10)14(17-15)13-7-8-16-9-11(13)2/h3-9,14,17H,15H2,1-2H3. The van der Waals surface area contributed by atoms with Gasteiger partial charge in [0.15, 0.2) is 0 Å². The van der Waals surface area contributed by atoms with Crippen LogP contribution in [0.1, 0.15) is 28.3 Å². The molecule has 0 saturated carbocycles. The number of nitrogens with two attached hydrogens (primary N) is 1. The molecule has 3 N–H and O–H groups in total. The molecule has 0 amide bonds. The molecule has 0 aliphatic heterocycles. The van der Waals surface area contributed by atoms with Crippen LogP contribution < -0.4 is 11.3 Å². The zero-order chi connectivity index (χ0) is 12.3. The van der Waals surface area contributed by atoms with Crippen LogP contribution in [-0.4, -0.2) is 4.98 Å². The van der Waals surface area contributed by atoms with Gasteiger partial charge in [0.1, 0.15) is 0 Å². The van der Waals surface area contributed by atoms with Crippen molar-refractivity contribution in [2.75, 3.05) is 0 Å². The zero-order valence-electron chi connectivity index (χ0n) is 10.1. The molecule has 1 aromatic carbocycles. The van der Waals surface area contributed by atoms with Gasteiger partial charge in [-0.05, 0) is 36.6 Å². The maximum absolute atomic E-state index is 5.67. The molecule has 1 heterocycles. The second-order valence-electron chi connectivity index (χ2n) is 4.24. The Morgan fingerprint density at radius 1 is 1.12 bits per heavy atom. The van der Waals surface area contributed by atoms with E-state index in [1.807, 2.05) is 19.2 Å². The Balaban J connectivity index is 2.40. The third-order valence-electron chi connectivity index (χ3n) is 2.95. The fraction of sp³-hybridized carbons (Fsp3) is 0.214. The molecule has 1 aromatic heterocycles. The van der Waals surface area contributed by atoms with Crippen molar-refractivity contribution in [3.05, 3.63) is 65.0 Å². The Morgan fingerprint density at radius 3 is 2.41 bits per heavy atom. The van der Waals surface area contributed by atoms with Crippen molar-refractivity contribution in [1.82, 2.24) is 10.4 Å². The monoisotopic (exact) mass is 227 g/mol. The Hall–Kier alpha value is -1.71. The van der Waals surface area contributed by atoms with Crippen molar-refractivity contribution in [2.24, 2.45) is 5.84 Å². The summed E-state index contributed by atoms with van der Waals surface area (Å²) in [5.41, 5.74) is 7.57. The molecular weight excluding hydrogens is 210 g/mol. The average Bonchev–Trinajstić information content (AvgIpc) is 2.35. The number of hydrogen-bond donors (Lipinski definition) is 2. The summed E-state index contributed by atoms with van der Waals surface area (Å²) >= 11 is 0. The second-order valence-corrected chi connectivity index (χ2v) is 4.24. The Morgan fingerprint density at radius 2 is 1.82 bits per heavy atom. The van der Waals surface area contributed by atoms with Gasteiger partial charge in [0.2, 0.25) is 0 Å². The lowest BCUT2D eigenvalue weighted by Gasteiger charge is -2.18. The van der Waals surface area contributed by atoms with Crippen molar-refractivity contribution < 1.29 is 0 Å². The number of hydrogen-bond acceptors (Lipinski definition) is 3. The van der Waals surface area contributed by atoms with E-state index < -0.39 is 0 Å². The van der Waals surface area contributed by atoms with E-state index in [-0.39, 0.29) is 6.04 Å². The smallest absolute Gasteiger partial charge is 0.0713 e. The number of pyridine rings is 1. The first kappa shape index (κ1) is 11.8. The predicted molar refractivity (Wildman–Crippen MR) is 69.3 cm³/mol. The number of aromatic nitrogens is 1. The summed E-state index contributed by atoms with van der Waals surface area (Å²) in [4.78, 5) is 4.10. The molecule has 3 nitrogen and oxygen atoms in total. The van der Waals surface area contributed by atoms with Crippen molar-refractivity contribution in [3.8, 4) is 0 Å². The fourth-order valence-electron chi connectivity index (χ4n) is 1.93. The minimum Gasteiger partial charge on any atom is -0.271 e. The van der Waals surface area contributed by atoms with E-state index in [2.05, 4.69) is 41.6 Å². The van der Waals surface area contributed by atoms with E-state index >= 15 is 0 Å². The van der Waals surface area contributed by atoms with Gasteiger partial charge in [-0.25, -0.2) is 5.43 Å². The van der Waals surface area contributed by atoms with E-state index in [4.69, 9.17) is 5.84 Å². The van der Waals surface area contributed by atoms with Gasteiger partial charge in [0.25, 0.3) is 0 Å². The molecular formula is C14H17N3. The minimum absolute atomic E-state index is 0.0126. The Kier molecular flexibility index (Phi) is 3.52. The number of rotatable bonds is 3. The minimum atomic E-state index is 0.0126. The third-order valence-corrected chi connectivity index (χ3v) is 2.95. The van der Waals surface area contributed by atoms with Gasteiger partial charge in [0.05, 0.1) is 6.04 Å². The molecule has 17 heavy (non-hydrogen) atoms. The van der Waals surface area contributed by atoms with E-state index in [1.54, 1.807) is 6.20 Å². The number of benzene rings is 1. The second kappa shape index (κ2) is 5.08. The van der Waals surface area contributed by atoms with Gasteiger partial charge in [-0.1, -0.05) is 29.8 Å². The largest absolute Gasteiger partial charge is 0.271 e. The molecule has 0 aliphatic rings. The molecule has 1 unspecified atom stereocenters.